The Balaban J connectivity index is 2.01. The van der Waals surface area contributed by atoms with E-state index in [2.05, 4.69) is 40.4 Å². The van der Waals surface area contributed by atoms with Gasteiger partial charge in [-0.2, -0.15) is 0 Å². The monoisotopic (exact) mass is 293 g/mol. The summed E-state index contributed by atoms with van der Waals surface area (Å²) in [5.74, 6) is 0.250. The number of hydrogen-bond acceptors (Lipinski definition) is 2. The first-order valence-corrected chi connectivity index (χ1v) is 7.47. The van der Waals surface area contributed by atoms with Crippen molar-refractivity contribution in [2.75, 3.05) is 7.05 Å². The van der Waals surface area contributed by atoms with Crippen molar-refractivity contribution < 1.29 is 4.79 Å². The van der Waals surface area contributed by atoms with Crippen LogP contribution in [0, 0.1) is 0 Å². The van der Waals surface area contributed by atoms with E-state index in [-0.39, 0.29) is 5.91 Å². The molecule has 0 aliphatic rings. The lowest BCUT2D eigenvalue weighted by Gasteiger charge is -2.14. The highest BCUT2D eigenvalue weighted by Gasteiger charge is 2.14. The van der Waals surface area contributed by atoms with Crippen LogP contribution in [0.2, 0.25) is 0 Å². The van der Waals surface area contributed by atoms with Gasteiger partial charge >= 0.3 is 0 Å². The maximum atomic E-state index is 11.7. The molecular weight excluding hydrogens is 274 g/mol. The van der Waals surface area contributed by atoms with E-state index in [1.165, 1.54) is 5.56 Å². The second kappa shape index (κ2) is 6.02. The topological polar surface area (TPSA) is 57.8 Å². The number of benzene rings is 2. The number of hydrogen-bond donors (Lipinski definition) is 2. The summed E-state index contributed by atoms with van der Waals surface area (Å²) >= 11 is 0. The summed E-state index contributed by atoms with van der Waals surface area (Å²) < 4.78 is 0. The normalized spacial score (nSPS) is 12.3. The van der Waals surface area contributed by atoms with Crippen LogP contribution in [-0.2, 0) is 0 Å². The molecule has 0 aliphatic carbocycles. The first-order valence-electron chi connectivity index (χ1n) is 7.47. The molecule has 1 heterocycles. The second-order valence-electron chi connectivity index (χ2n) is 5.37. The SMILES string of the molecule is CCC(c1ccc2cc(C(=O)NC)ccc2c1)c1cnc[nH]1. The molecule has 3 aromatic rings. The number of fused-ring (bicyclic) bond motifs is 1. The van der Waals surface area contributed by atoms with Gasteiger partial charge < -0.3 is 10.3 Å². The Bertz CT molecular complexity index is 793. The van der Waals surface area contributed by atoms with Gasteiger partial charge in [0.15, 0.2) is 0 Å². The van der Waals surface area contributed by atoms with Gasteiger partial charge in [-0.05, 0) is 34.9 Å². The van der Waals surface area contributed by atoms with Gasteiger partial charge in [0, 0.05) is 30.4 Å². The van der Waals surface area contributed by atoms with Gasteiger partial charge in [-0.15, -0.1) is 0 Å². The molecular formula is C18H19N3O. The van der Waals surface area contributed by atoms with Crippen LogP contribution in [0.1, 0.15) is 40.9 Å². The summed E-state index contributed by atoms with van der Waals surface area (Å²) in [4.78, 5) is 19.0. The number of aromatic nitrogens is 2. The quantitative estimate of drug-likeness (QED) is 0.774. The van der Waals surface area contributed by atoms with Crippen LogP contribution in [0.15, 0.2) is 48.9 Å². The van der Waals surface area contributed by atoms with E-state index in [0.717, 1.165) is 22.9 Å². The Hall–Kier alpha value is -2.62. The van der Waals surface area contributed by atoms with E-state index in [4.69, 9.17) is 0 Å². The molecule has 0 spiro atoms. The number of carbonyl (C=O) groups is 1. The summed E-state index contributed by atoms with van der Waals surface area (Å²) in [6, 6.07) is 12.2. The van der Waals surface area contributed by atoms with Crippen LogP contribution in [0.5, 0.6) is 0 Å². The third kappa shape index (κ3) is 2.60. The van der Waals surface area contributed by atoms with Gasteiger partial charge in [0.05, 0.1) is 6.33 Å². The minimum atomic E-state index is -0.0603. The molecule has 2 aromatic carbocycles. The second-order valence-corrected chi connectivity index (χ2v) is 5.37. The summed E-state index contributed by atoms with van der Waals surface area (Å²) in [6.45, 7) is 2.17. The zero-order chi connectivity index (χ0) is 15.5. The number of carbonyl (C=O) groups excluding carboxylic acids is 1. The van der Waals surface area contributed by atoms with Crippen molar-refractivity contribution in [1.29, 1.82) is 0 Å². The molecule has 0 aliphatic heterocycles. The fourth-order valence-corrected chi connectivity index (χ4v) is 2.86. The Morgan fingerprint density at radius 2 is 2.00 bits per heavy atom. The molecule has 112 valence electrons. The Morgan fingerprint density at radius 3 is 2.68 bits per heavy atom. The number of nitrogens with zero attached hydrogens (tertiary/aromatic N) is 1. The third-order valence-electron chi connectivity index (χ3n) is 4.06. The number of imidazole rings is 1. The molecule has 1 amide bonds. The van der Waals surface area contributed by atoms with Crippen LogP contribution >= 0.6 is 0 Å². The number of amides is 1. The third-order valence-corrected chi connectivity index (χ3v) is 4.06. The molecule has 1 atom stereocenters. The van der Waals surface area contributed by atoms with E-state index in [1.54, 1.807) is 13.4 Å². The van der Waals surface area contributed by atoms with Crippen LogP contribution in [0.3, 0.4) is 0 Å². The van der Waals surface area contributed by atoms with Gasteiger partial charge in [-0.25, -0.2) is 4.98 Å². The molecule has 0 saturated heterocycles. The predicted molar refractivity (Wildman–Crippen MR) is 88.1 cm³/mol. The standard InChI is InChI=1S/C18H19N3O/c1-3-16(17-10-20-11-21-17)14-6-4-13-9-15(18(22)19-2)7-5-12(13)8-14/h4-11,16H,3H2,1-2H3,(H,19,22)(H,20,21). The lowest BCUT2D eigenvalue weighted by atomic mass is 9.91. The first-order chi connectivity index (χ1) is 10.7. The fraction of sp³-hybridized carbons (Fsp3) is 0.222. The van der Waals surface area contributed by atoms with Crippen LogP contribution in [0.25, 0.3) is 10.8 Å². The van der Waals surface area contributed by atoms with E-state index < -0.39 is 0 Å². The summed E-state index contributed by atoms with van der Waals surface area (Å²) in [5.41, 5.74) is 3.07. The molecule has 4 nitrogen and oxygen atoms in total. The largest absolute Gasteiger partial charge is 0.355 e. The lowest BCUT2D eigenvalue weighted by Crippen LogP contribution is -2.17. The van der Waals surface area contributed by atoms with Crippen molar-refractivity contribution in [1.82, 2.24) is 15.3 Å². The summed E-state index contributed by atoms with van der Waals surface area (Å²) in [7, 11) is 1.64. The maximum absolute atomic E-state index is 11.7. The van der Waals surface area contributed by atoms with Crippen molar-refractivity contribution in [3.63, 3.8) is 0 Å². The maximum Gasteiger partial charge on any atom is 0.251 e. The van der Waals surface area contributed by atoms with Crippen LogP contribution in [-0.4, -0.2) is 22.9 Å². The van der Waals surface area contributed by atoms with Crippen LogP contribution in [0.4, 0.5) is 0 Å². The fourth-order valence-electron chi connectivity index (χ4n) is 2.86. The minimum Gasteiger partial charge on any atom is -0.355 e. The predicted octanol–water partition coefficient (Wildman–Crippen LogP) is 3.46. The van der Waals surface area contributed by atoms with Gasteiger partial charge in [0.2, 0.25) is 0 Å². The van der Waals surface area contributed by atoms with Gasteiger partial charge in [0.1, 0.15) is 0 Å². The minimum absolute atomic E-state index is 0.0603. The van der Waals surface area contributed by atoms with E-state index in [9.17, 15) is 4.79 Å². The van der Waals surface area contributed by atoms with Crippen LogP contribution < -0.4 is 5.32 Å². The Morgan fingerprint density at radius 1 is 1.23 bits per heavy atom. The van der Waals surface area contributed by atoms with E-state index >= 15 is 0 Å². The number of rotatable bonds is 4. The van der Waals surface area contributed by atoms with E-state index in [0.29, 0.717) is 11.5 Å². The Labute approximate surface area is 129 Å². The van der Waals surface area contributed by atoms with Crippen molar-refractivity contribution in [2.45, 2.75) is 19.3 Å². The van der Waals surface area contributed by atoms with Gasteiger partial charge in [0.25, 0.3) is 5.91 Å². The summed E-state index contributed by atoms with van der Waals surface area (Å²) in [6.07, 6.45) is 4.60. The smallest absolute Gasteiger partial charge is 0.251 e. The molecule has 1 aromatic heterocycles. The molecule has 1 unspecified atom stereocenters. The highest BCUT2D eigenvalue weighted by atomic mass is 16.1. The number of aromatic amines is 1. The van der Waals surface area contributed by atoms with Crippen molar-refractivity contribution in [2.24, 2.45) is 0 Å². The zero-order valence-electron chi connectivity index (χ0n) is 12.8. The highest BCUT2D eigenvalue weighted by molar-refractivity contribution is 5.98. The van der Waals surface area contributed by atoms with Gasteiger partial charge in [-0.1, -0.05) is 31.2 Å². The zero-order valence-corrected chi connectivity index (χ0v) is 12.8. The molecule has 22 heavy (non-hydrogen) atoms. The van der Waals surface area contributed by atoms with E-state index in [1.807, 2.05) is 24.4 Å². The average molecular weight is 293 g/mol. The number of nitrogens with one attached hydrogen (secondary N) is 2. The molecule has 3 rings (SSSR count). The number of H-pyrrole nitrogens is 1. The Kier molecular flexibility index (Phi) is 3.92. The molecule has 0 fully saturated rings. The first kappa shape index (κ1) is 14.3. The van der Waals surface area contributed by atoms with Gasteiger partial charge in [-0.3, -0.25) is 4.79 Å². The molecule has 2 N–H and O–H groups in total. The summed E-state index contributed by atoms with van der Waals surface area (Å²) in [5, 5.41) is 4.87. The molecule has 0 bridgehead atoms. The average Bonchev–Trinajstić information content (AvgIpc) is 3.08. The highest BCUT2D eigenvalue weighted by Crippen LogP contribution is 2.29. The molecule has 0 radical (unpaired) electrons. The van der Waals surface area contributed by atoms with Crippen molar-refractivity contribution >= 4 is 16.7 Å². The van der Waals surface area contributed by atoms with Crippen molar-refractivity contribution in [3.05, 3.63) is 65.7 Å². The molecule has 4 heteroatoms. The van der Waals surface area contributed by atoms with Crippen molar-refractivity contribution in [3.8, 4) is 0 Å². The lowest BCUT2D eigenvalue weighted by molar-refractivity contribution is 0.0963. The molecule has 0 saturated carbocycles.